The maximum atomic E-state index is 12.8. The van der Waals surface area contributed by atoms with Crippen LogP contribution in [-0.2, 0) is 0 Å². The summed E-state index contributed by atoms with van der Waals surface area (Å²) in [6.07, 6.45) is 1.38. The normalized spacial score (nSPS) is 10.9. The summed E-state index contributed by atoms with van der Waals surface area (Å²) in [6, 6.07) is 16.0. The lowest BCUT2D eigenvalue weighted by Crippen LogP contribution is -2.17. The fourth-order valence-electron chi connectivity index (χ4n) is 2.04. The van der Waals surface area contributed by atoms with Crippen LogP contribution in [0.1, 0.15) is 16.1 Å². The minimum absolute atomic E-state index is 0.313. The number of carbonyl (C=O) groups excluding carboxylic acids is 1. The van der Waals surface area contributed by atoms with Crippen molar-refractivity contribution in [1.29, 1.82) is 0 Å². The lowest BCUT2D eigenvalue weighted by atomic mass is 10.2. The highest BCUT2D eigenvalue weighted by Crippen LogP contribution is 2.24. The lowest BCUT2D eigenvalue weighted by Gasteiger charge is -1.99. The highest BCUT2D eigenvalue weighted by atomic mass is 35.5. The molecule has 6 heteroatoms. The maximum Gasteiger partial charge on any atom is 0.271 e. The molecule has 2 aromatic carbocycles. The van der Waals surface area contributed by atoms with E-state index in [4.69, 9.17) is 16.0 Å². The maximum absolute atomic E-state index is 12.8. The zero-order valence-electron chi connectivity index (χ0n) is 12.4. The Bertz CT molecular complexity index is 888. The van der Waals surface area contributed by atoms with Gasteiger partial charge in [-0.05, 0) is 48.5 Å². The molecule has 24 heavy (non-hydrogen) atoms. The molecule has 0 aliphatic heterocycles. The first-order valence-electron chi connectivity index (χ1n) is 7.06. The molecule has 1 heterocycles. The van der Waals surface area contributed by atoms with Gasteiger partial charge >= 0.3 is 0 Å². The van der Waals surface area contributed by atoms with E-state index in [-0.39, 0.29) is 0 Å². The van der Waals surface area contributed by atoms with Crippen LogP contribution < -0.4 is 5.43 Å². The minimum Gasteiger partial charge on any atom is -0.455 e. The number of furan rings is 1. The number of halogens is 2. The third-order valence-corrected chi connectivity index (χ3v) is 3.44. The Kier molecular flexibility index (Phi) is 4.72. The first kappa shape index (κ1) is 16.0. The van der Waals surface area contributed by atoms with Gasteiger partial charge in [0.25, 0.3) is 5.91 Å². The number of hydrogen-bond donors (Lipinski definition) is 1. The van der Waals surface area contributed by atoms with Crippen LogP contribution in [0.4, 0.5) is 4.39 Å². The van der Waals surface area contributed by atoms with E-state index >= 15 is 0 Å². The Balaban J connectivity index is 1.65. The Hall–Kier alpha value is -2.92. The van der Waals surface area contributed by atoms with Crippen molar-refractivity contribution in [3.05, 3.63) is 82.8 Å². The van der Waals surface area contributed by atoms with Gasteiger partial charge in [-0.15, -0.1) is 0 Å². The molecule has 0 spiro atoms. The Morgan fingerprint density at radius 1 is 1.12 bits per heavy atom. The summed E-state index contributed by atoms with van der Waals surface area (Å²) < 4.78 is 18.4. The van der Waals surface area contributed by atoms with E-state index < -0.39 is 11.7 Å². The van der Waals surface area contributed by atoms with Crippen molar-refractivity contribution in [1.82, 2.24) is 5.43 Å². The fourth-order valence-corrected chi connectivity index (χ4v) is 2.23. The number of hydrogen-bond acceptors (Lipinski definition) is 3. The molecule has 0 saturated heterocycles. The van der Waals surface area contributed by atoms with E-state index in [1.54, 1.807) is 24.3 Å². The van der Waals surface area contributed by atoms with E-state index in [2.05, 4.69) is 10.5 Å². The smallest absolute Gasteiger partial charge is 0.271 e. The Labute approximate surface area is 142 Å². The molecule has 0 saturated carbocycles. The number of amides is 1. The fraction of sp³-hybridized carbons (Fsp3) is 0. The van der Waals surface area contributed by atoms with Crippen molar-refractivity contribution >= 4 is 23.7 Å². The van der Waals surface area contributed by atoms with E-state index in [9.17, 15) is 9.18 Å². The van der Waals surface area contributed by atoms with Gasteiger partial charge in [0.05, 0.1) is 6.21 Å². The highest BCUT2D eigenvalue weighted by molar-refractivity contribution is 6.30. The molecule has 0 aliphatic carbocycles. The second kappa shape index (κ2) is 7.10. The van der Waals surface area contributed by atoms with Crippen LogP contribution in [0.15, 0.2) is 70.2 Å². The summed E-state index contributed by atoms with van der Waals surface area (Å²) in [5.74, 6) is 0.278. The molecule has 1 amide bonds. The standard InChI is InChI=1S/C18H12ClFN2O2/c19-14-3-1-2-13(10-14)17-9-8-16(24-17)11-21-22-18(23)12-4-6-15(20)7-5-12/h1-11H,(H,22,23)/b21-11-. The third kappa shape index (κ3) is 3.88. The van der Waals surface area contributed by atoms with Crippen molar-refractivity contribution in [2.24, 2.45) is 5.10 Å². The Morgan fingerprint density at radius 3 is 2.67 bits per heavy atom. The van der Waals surface area contributed by atoms with E-state index in [0.29, 0.717) is 22.1 Å². The number of nitrogens with one attached hydrogen (secondary N) is 1. The van der Waals surface area contributed by atoms with Gasteiger partial charge in [-0.3, -0.25) is 4.79 Å². The molecule has 0 bridgehead atoms. The van der Waals surface area contributed by atoms with Gasteiger partial charge < -0.3 is 4.42 Å². The predicted octanol–water partition coefficient (Wildman–Crippen LogP) is 4.50. The van der Waals surface area contributed by atoms with Gasteiger partial charge in [-0.2, -0.15) is 5.10 Å². The van der Waals surface area contributed by atoms with Crippen LogP contribution in [0.2, 0.25) is 5.02 Å². The summed E-state index contributed by atoms with van der Waals surface area (Å²) in [7, 11) is 0. The highest BCUT2D eigenvalue weighted by Gasteiger charge is 2.05. The largest absolute Gasteiger partial charge is 0.455 e. The number of nitrogens with zero attached hydrogens (tertiary/aromatic N) is 1. The van der Waals surface area contributed by atoms with Gasteiger partial charge in [0.1, 0.15) is 17.3 Å². The third-order valence-electron chi connectivity index (χ3n) is 3.20. The van der Waals surface area contributed by atoms with E-state index in [1.807, 2.05) is 12.1 Å². The summed E-state index contributed by atoms with van der Waals surface area (Å²) in [5.41, 5.74) is 3.51. The number of carbonyl (C=O) groups is 1. The predicted molar refractivity (Wildman–Crippen MR) is 90.6 cm³/mol. The van der Waals surface area contributed by atoms with Crippen LogP contribution >= 0.6 is 11.6 Å². The monoisotopic (exact) mass is 342 g/mol. The summed E-state index contributed by atoms with van der Waals surface area (Å²) >= 11 is 5.95. The molecule has 120 valence electrons. The first-order chi connectivity index (χ1) is 11.6. The van der Waals surface area contributed by atoms with Crippen LogP contribution in [0, 0.1) is 5.82 Å². The topological polar surface area (TPSA) is 54.6 Å². The van der Waals surface area contributed by atoms with Crippen molar-refractivity contribution in [2.75, 3.05) is 0 Å². The van der Waals surface area contributed by atoms with Gasteiger partial charge in [0.15, 0.2) is 0 Å². The summed E-state index contributed by atoms with van der Waals surface area (Å²) in [5, 5.41) is 4.44. The first-order valence-corrected chi connectivity index (χ1v) is 7.44. The van der Waals surface area contributed by atoms with E-state index in [0.717, 1.165) is 5.56 Å². The molecular formula is C18H12ClFN2O2. The lowest BCUT2D eigenvalue weighted by molar-refractivity contribution is 0.0955. The van der Waals surface area contributed by atoms with Gasteiger partial charge in [0, 0.05) is 16.1 Å². The van der Waals surface area contributed by atoms with Gasteiger partial charge in [-0.25, -0.2) is 9.82 Å². The van der Waals surface area contributed by atoms with Crippen molar-refractivity contribution in [3.63, 3.8) is 0 Å². The number of rotatable bonds is 4. The molecule has 0 radical (unpaired) electrons. The molecule has 4 nitrogen and oxygen atoms in total. The molecule has 1 aromatic heterocycles. The van der Waals surface area contributed by atoms with Crippen LogP contribution in [-0.4, -0.2) is 12.1 Å². The molecule has 3 rings (SSSR count). The van der Waals surface area contributed by atoms with Gasteiger partial charge in [-0.1, -0.05) is 23.7 Å². The summed E-state index contributed by atoms with van der Waals surface area (Å²) in [6.45, 7) is 0. The SMILES string of the molecule is O=C(N/N=C\c1ccc(-c2cccc(Cl)c2)o1)c1ccc(F)cc1. The average molecular weight is 343 g/mol. The van der Waals surface area contributed by atoms with Crippen LogP contribution in [0.3, 0.4) is 0 Å². The summed E-state index contributed by atoms with van der Waals surface area (Å²) in [4.78, 5) is 11.8. The van der Waals surface area contributed by atoms with Gasteiger partial charge in [0.2, 0.25) is 0 Å². The molecular weight excluding hydrogens is 331 g/mol. The van der Waals surface area contributed by atoms with Crippen molar-refractivity contribution < 1.29 is 13.6 Å². The molecule has 3 aromatic rings. The van der Waals surface area contributed by atoms with Crippen molar-refractivity contribution in [3.8, 4) is 11.3 Å². The minimum atomic E-state index is -0.437. The molecule has 0 aliphatic rings. The zero-order valence-corrected chi connectivity index (χ0v) is 13.1. The second-order valence-corrected chi connectivity index (χ2v) is 5.35. The van der Waals surface area contributed by atoms with Crippen molar-refractivity contribution in [2.45, 2.75) is 0 Å². The van der Waals surface area contributed by atoms with Crippen LogP contribution in [0.25, 0.3) is 11.3 Å². The van der Waals surface area contributed by atoms with Crippen LogP contribution in [0.5, 0.6) is 0 Å². The second-order valence-electron chi connectivity index (χ2n) is 4.92. The zero-order chi connectivity index (χ0) is 16.9. The number of benzene rings is 2. The molecule has 1 N–H and O–H groups in total. The average Bonchev–Trinajstić information content (AvgIpc) is 3.04. The molecule has 0 unspecified atom stereocenters. The molecule has 0 fully saturated rings. The molecule has 0 atom stereocenters. The Morgan fingerprint density at radius 2 is 1.92 bits per heavy atom. The number of hydrazone groups is 1. The van der Waals surface area contributed by atoms with E-state index in [1.165, 1.54) is 30.5 Å². The quantitative estimate of drug-likeness (QED) is 0.560.